The van der Waals surface area contributed by atoms with Gasteiger partial charge in [-0.15, -0.1) is 0 Å². The molecule has 2 rings (SSSR count). The van der Waals surface area contributed by atoms with E-state index >= 15 is 0 Å². The molecule has 0 aromatic heterocycles. The van der Waals surface area contributed by atoms with Gasteiger partial charge in [0.2, 0.25) is 0 Å². The molecule has 0 fully saturated rings. The molecule has 5 nitrogen and oxygen atoms in total. The summed E-state index contributed by atoms with van der Waals surface area (Å²) in [4.78, 5) is 23.2. The van der Waals surface area contributed by atoms with E-state index < -0.39 is 5.97 Å². The first-order chi connectivity index (χ1) is 14.1. The summed E-state index contributed by atoms with van der Waals surface area (Å²) < 4.78 is 5.75. The van der Waals surface area contributed by atoms with Crippen LogP contribution < -0.4 is 10.1 Å². The molecule has 0 aliphatic heterocycles. The summed E-state index contributed by atoms with van der Waals surface area (Å²) >= 11 is 0. The third kappa shape index (κ3) is 8.38. The Balaban J connectivity index is 1.68. The highest BCUT2D eigenvalue weighted by molar-refractivity contribution is 6.04. The number of carbonyl (C=O) groups is 2. The summed E-state index contributed by atoms with van der Waals surface area (Å²) in [5.41, 5.74) is 1.25. The molecule has 29 heavy (non-hydrogen) atoms. The fourth-order valence-corrected chi connectivity index (χ4v) is 3.03. The highest BCUT2D eigenvalue weighted by Gasteiger charge is 2.08. The molecule has 0 saturated heterocycles. The minimum absolute atomic E-state index is 0.181. The Kier molecular flexibility index (Phi) is 9.76. The average Bonchev–Trinajstić information content (AvgIpc) is 2.73. The lowest BCUT2D eigenvalue weighted by Gasteiger charge is -2.08. The number of nitrogens with one attached hydrogen (secondary N) is 1. The molecule has 2 aromatic rings. The van der Waals surface area contributed by atoms with Crippen molar-refractivity contribution in [3.05, 3.63) is 59.7 Å². The van der Waals surface area contributed by atoms with Gasteiger partial charge in [-0.1, -0.05) is 51.9 Å². The Bertz CT molecular complexity index is 753. The number of hydrogen-bond acceptors (Lipinski definition) is 3. The van der Waals surface area contributed by atoms with Gasteiger partial charge < -0.3 is 15.2 Å². The number of aromatic carboxylic acids is 1. The highest BCUT2D eigenvalue weighted by Crippen LogP contribution is 2.16. The van der Waals surface area contributed by atoms with Gasteiger partial charge >= 0.3 is 5.97 Å². The van der Waals surface area contributed by atoms with Crippen molar-refractivity contribution in [3.8, 4) is 5.75 Å². The van der Waals surface area contributed by atoms with Crippen molar-refractivity contribution in [2.24, 2.45) is 0 Å². The molecule has 0 aliphatic rings. The maximum Gasteiger partial charge on any atom is 0.335 e. The van der Waals surface area contributed by atoms with Crippen molar-refractivity contribution in [3.63, 3.8) is 0 Å². The topological polar surface area (TPSA) is 75.6 Å². The van der Waals surface area contributed by atoms with Crippen LogP contribution >= 0.6 is 0 Å². The minimum Gasteiger partial charge on any atom is -0.494 e. The monoisotopic (exact) mass is 397 g/mol. The molecular formula is C24H31NO4. The number of carbonyl (C=O) groups excluding carboxylic acids is 1. The first-order valence-electron chi connectivity index (χ1n) is 10.5. The van der Waals surface area contributed by atoms with Crippen LogP contribution in [-0.2, 0) is 0 Å². The van der Waals surface area contributed by atoms with Crippen LogP contribution in [0, 0.1) is 0 Å². The molecule has 156 valence electrons. The van der Waals surface area contributed by atoms with Crippen molar-refractivity contribution in [2.45, 2.75) is 58.3 Å². The van der Waals surface area contributed by atoms with Gasteiger partial charge in [0.1, 0.15) is 5.75 Å². The van der Waals surface area contributed by atoms with E-state index in [9.17, 15) is 9.59 Å². The fourth-order valence-electron chi connectivity index (χ4n) is 3.03. The van der Waals surface area contributed by atoms with E-state index in [1.54, 1.807) is 36.4 Å². The Labute approximate surface area is 173 Å². The lowest BCUT2D eigenvalue weighted by atomic mass is 10.1. The highest BCUT2D eigenvalue weighted by atomic mass is 16.5. The summed E-state index contributed by atoms with van der Waals surface area (Å²) in [6.07, 6.45) is 10.1. The van der Waals surface area contributed by atoms with E-state index in [0.29, 0.717) is 17.9 Å². The van der Waals surface area contributed by atoms with E-state index in [1.807, 2.05) is 0 Å². The summed E-state index contributed by atoms with van der Waals surface area (Å²) in [6, 6.07) is 13.1. The van der Waals surface area contributed by atoms with Crippen molar-refractivity contribution < 1.29 is 19.4 Å². The Morgan fingerprint density at radius 3 is 1.93 bits per heavy atom. The molecule has 0 bridgehead atoms. The standard InChI is InChI=1S/C24H31NO4/c1-2-3-4-5-6-7-8-9-18-29-22-16-12-19(13-17-22)23(26)25-21-14-10-20(11-15-21)24(27)28/h10-17H,2-9,18H2,1H3,(H,25,26)(H,27,28). The summed E-state index contributed by atoms with van der Waals surface area (Å²) in [5, 5.41) is 11.7. The van der Waals surface area contributed by atoms with Gasteiger partial charge in [-0.05, 0) is 55.0 Å². The van der Waals surface area contributed by atoms with Gasteiger partial charge in [-0.3, -0.25) is 4.79 Å². The van der Waals surface area contributed by atoms with Crippen LogP contribution in [0.25, 0.3) is 0 Å². The minimum atomic E-state index is -0.995. The van der Waals surface area contributed by atoms with Crippen molar-refractivity contribution in [2.75, 3.05) is 11.9 Å². The number of rotatable bonds is 13. The van der Waals surface area contributed by atoms with Crippen molar-refractivity contribution in [1.29, 1.82) is 0 Å². The molecule has 2 aromatic carbocycles. The third-order valence-corrected chi connectivity index (χ3v) is 4.77. The number of ether oxygens (including phenoxy) is 1. The molecular weight excluding hydrogens is 366 g/mol. The lowest BCUT2D eigenvalue weighted by molar-refractivity contribution is 0.0696. The normalized spacial score (nSPS) is 10.5. The van der Waals surface area contributed by atoms with Crippen molar-refractivity contribution >= 4 is 17.6 Å². The molecule has 0 spiro atoms. The molecule has 0 radical (unpaired) electrons. The maximum absolute atomic E-state index is 12.3. The van der Waals surface area contributed by atoms with Gasteiger partial charge in [-0.25, -0.2) is 4.79 Å². The van der Waals surface area contributed by atoms with Crippen LogP contribution in [-0.4, -0.2) is 23.6 Å². The molecule has 1 amide bonds. The number of amides is 1. The SMILES string of the molecule is CCCCCCCCCCOc1ccc(C(=O)Nc2ccc(C(=O)O)cc2)cc1. The smallest absolute Gasteiger partial charge is 0.335 e. The van der Waals surface area contributed by atoms with E-state index in [4.69, 9.17) is 9.84 Å². The van der Waals surface area contributed by atoms with Crippen molar-refractivity contribution in [1.82, 2.24) is 0 Å². The number of carboxylic acid groups (broad SMARTS) is 1. The van der Waals surface area contributed by atoms with E-state index in [0.717, 1.165) is 12.2 Å². The lowest BCUT2D eigenvalue weighted by Crippen LogP contribution is -2.12. The predicted molar refractivity (Wildman–Crippen MR) is 116 cm³/mol. The van der Waals surface area contributed by atoms with Gasteiger partial charge in [0.05, 0.1) is 12.2 Å². The quantitative estimate of drug-likeness (QED) is 0.397. The van der Waals surface area contributed by atoms with Crippen LogP contribution in [0.5, 0.6) is 5.75 Å². The average molecular weight is 398 g/mol. The number of unbranched alkanes of at least 4 members (excludes halogenated alkanes) is 7. The van der Waals surface area contributed by atoms with Crippen LogP contribution in [0.3, 0.4) is 0 Å². The maximum atomic E-state index is 12.3. The molecule has 0 heterocycles. The second-order valence-electron chi connectivity index (χ2n) is 7.18. The first-order valence-corrected chi connectivity index (χ1v) is 10.5. The first kappa shape index (κ1) is 22.5. The van der Waals surface area contributed by atoms with E-state index in [-0.39, 0.29) is 11.5 Å². The Morgan fingerprint density at radius 1 is 0.793 bits per heavy atom. The second kappa shape index (κ2) is 12.6. The fraction of sp³-hybridized carbons (Fsp3) is 0.417. The van der Waals surface area contributed by atoms with Crippen LogP contribution in [0.1, 0.15) is 79.0 Å². The number of hydrogen-bond donors (Lipinski definition) is 2. The Morgan fingerprint density at radius 2 is 1.34 bits per heavy atom. The van der Waals surface area contributed by atoms with Gasteiger partial charge in [-0.2, -0.15) is 0 Å². The Hall–Kier alpha value is -2.82. The molecule has 0 atom stereocenters. The number of benzene rings is 2. The summed E-state index contributed by atoms with van der Waals surface area (Å²) in [7, 11) is 0. The van der Waals surface area contributed by atoms with Crippen LogP contribution in [0.15, 0.2) is 48.5 Å². The van der Waals surface area contributed by atoms with Gasteiger partial charge in [0, 0.05) is 11.3 Å². The molecule has 2 N–H and O–H groups in total. The zero-order valence-corrected chi connectivity index (χ0v) is 17.2. The third-order valence-electron chi connectivity index (χ3n) is 4.77. The number of anilines is 1. The largest absolute Gasteiger partial charge is 0.494 e. The molecule has 0 aliphatic carbocycles. The van der Waals surface area contributed by atoms with Gasteiger partial charge in [0.15, 0.2) is 0 Å². The molecule has 5 heteroatoms. The van der Waals surface area contributed by atoms with Crippen LogP contribution in [0.4, 0.5) is 5.69 Å². The van der Waals surface area contributed by atoms with E-state index in [1.165, 1.54) is 57.1 Å². The van der Waals surface area contributed by atoms with Gasteiger partial charge in [0.25, 0.3) is 5.91 Å². The summed E-state index contributed by atoms with van der Waals surface area (Å²) in [5.74, 6) is -0.483. The number of carboxylic acids is 1. The predicted octanol–water partition coefficient (Wildman–Crippen LogP) is 6.16. The molecule has 0 saturated carbocycles. The zero-order chi connectivity index (χ0) is 20.9. The zero-order valence-electron chi connectivity index (χ0n) is 17.2. The second-order valence-corrected chi connectivity index (χ2v) is 7.18. The van der Waals surface area contributed by atoms with E-state index in [2.05, 4.69) is 12.2 Å². The van der Waals surface area contributed by atoms with Crippen LogP contribution in [0.2, 0.25) is 0 Å². The summed E-state index contributed by atoms with van der Waals surface area (Å²) in [6.45, 7) is 2.92. The molecule has 0 unspecified atom stereocenters.